The van der Waals surface area contributed by atoms with Gasteiger partial charge in [0.2, 0.25) is 6.29 Å². The van der Waals surface area contributed by atoms with Crippen LogP contribution in [-0.4, -0.2) is 17.7 Å². The van der Waals surface area contributed by atoms with Crippen LogP contribution in [-0.2, 0) is 4.79 Å². The van der Waals surface area contributed by atoms with Gasteiger partial charge in [-0.25, -0.2) is 0 Å². The molecule has 1 radical (unpaired) electrons. The van der Waals surface area contributed by atoms with E-state index in [-0.39, 0.29) is 6.04 Å². The van der Waals surface area contributed by atoms with Crippen molar-refractivity contribution in [1.82, 2.24) is 0 Å². The zero-order valence-corrected chi connectivity index (χ0v) is 6.15. The van der Waals surface area contributed by atoms with Crippen LogP contribution in [0.25, 0.3) is 0 Å². The Morgan fingerprint density at radius 3 is 2.75 bits per heavy atom. The average Bonchev–Trinajstić information content (AvgIpc) is 1.83. The number of carbonyl (C=O) groups excluding carboxylic acids is 1. The molecular weight excluding hydrogens is 170 g/mol. The molecule has 0 aliphatic heterocycles. The van der Waals surface area contributed by atoms with Crippen LogP contribution < -0.4 is 5.73 Å². The van der Waals surface area contributed by atoms with Gasteiger partial charge in [-0.1, -0.05) is 15.9 Å². The van der Waals surface area contributed by atoms with E-state index in [0.717, 1.165) is 18.2 Å². The number of hydrogen-bond acceptors (Lipinski definition) is 2. The fourth-order valence-electron chi connectivity index (χ4n) is 0.356. The van der Waals surface area contributed by atoms with Crippen molar-refractivity contribution in [3.8, 4) is 0 Å². The Morgan fingerprint density at radius 1 is 1.75 bits per heavy atom. The van der Waals surface area contributed by atoms with E-state index in [1.54, 1.807) is 6.29 Å². The van der Waals surface area contributed by atoms with Crippen molar-refractivity contribution in [2.45, 2.75) is 18.9 Å². The van der Waals surface area contributed by atoms with Crippen LogP contribution in [0.3, 0.4) is 0 Å². The standard InChI is InChI=1S/C5H9BrNO/c6-3-1-2-5(7)4-8/h5H,1-3,7H2/t5-/m0/s1. The van der Waals surface area contributed by atoms with Crippen LogP contribution in [0.4, 0.5) is 0 Å². The van der Waals surface area contributed by atoms with Gasteiger partial charge in [-0.05, 0) is 12.8 Å². The van der Waals surface area contributed by atoms with Crippen molar-refractivity contribution in [2.24, 2.45) is 5.73 Å². The SMILES string of the molecule is N[C@H]([C]=O)CCCBr. The van der Waals surface area contributed by atoms with E-state index in [9.17, 15) is 4.79 Å². The minimum absolute atomic E-state index is 0.382. The van der Waals surface area contributed by atoms with Gasteiger partial charge in [0.15, 0.2) is 0 Å². The molecule has 0 rings (SSSR count). The Hall–Kier alpha value is 0.110. The molecule has 1 atom stereocenters. The Balaban J connectivity index is 2.98. The lowest BCUT2D eigenvalue weighted by Crippen LogP contribution is -2.20. The molecule has 2 N–H and O–H groups in total. The monoisotopic (exact) mass is 178 g/mol. The van der Waals surface area contributed by atoms with Crippen LogP contribution in [0.2, 0.25) is 0 Å². The molecule has 0 spiro atoms. The number of halogens is 1. The molecule has 0 aromatic carbocycles. The topological polar surface area (TPSA) is 43.1 Å². The van der Waals surface area contributed by atoms with E-state index in [1.807, 2.05) is 0 Å². The number of hydrogen-bond donors (Lipinski definition) is 1. The van der Waals surface area contributed by atoms with Gasteiger partial charge in [-0.2, -0.15) is 0 Å². The van der Waals surface area contributed by atoms with E-state index < -0.39 is 0 Å². The van der Waals surface area contributed by atoms with Crippen LogP contribution >= 0.6 is 15.9 Å². The lowest BCUT2D eigenvalue weighted by atomic mass is 10.2. The first-order chi connectivity index (χ1) is 3.81. The fourth-order valence-corrected chi connectivity index (χ4v) is 0.680. The minimum atomic E-state index is -0.382. The summed E-state index contributed by atoms with van der Waals surface area (Å²) in [4.78, 5) is 9.75. The highest BCUT2D eigenvalue weighted by Gasteiger charge is 1.97. The molecule has 0 aliphatic carbocycles. The highest BCUT2D eigenvalue weighted by atomic mass is 79.9. The van der Waals surface area contributed by atoms with Gasteiger partial charge in [0.1, 0.15) is 0 Å². The molecule has 0 aliphatic rings. The Morgan fingerprint density at radius 2 is 2.38 bits per heavy atom. The number of alkyl halides is 1. The largest absolute Gasteiger partial charge is 0.321 e. The van der Waals surface area contributed by atoms with Gasteiger partial charge >= 0.3 is 0 Å². The molecule has 0 aromatic rings. The highest BCUT2D eigenvalue weighted by Crippen LogP contribution is 1.94. The van der Waals surface area contributed by atoms with Crippen molar-refractivity contribution in [3.63, 3.8) is 0 Å². The first-order valence-corrected chi connectivity index (χ1v) is 3.62. The lowest BCUT2D eigenvalue weighted by Gasteiger charge is -1.96. The first kappa shape index (κ1) is 8.11. The molecule has 0 fully saturated rings. The van der Waals surface area contributed by atoms with E-state index in [0.29, 0.717) is 0 Å². The van der Waals surface area contributed by atoms with Gasteiger partial charge in [0.25, 0.3) is 0 Å². The van der Waals surface area contributed by atoms with Gasteiger partial charge in [-0.15, -0.1) is 0 Å². The summed E-state index contributed by atoms with van der Waals surface area (Å²) in [6.45, 7) is 0. The third-order valence-corrected chi connectivity index (χ3v) is 1.36. The maximum absolute atomic E-state index is 9.75. The normalized spacial score (nSPS) is 13.2. The van der Waals surface area contributed by atoms with Crippen LogP contribution in [0.5, 0.6) is 0 Å². The molecule has 47 valence electrons. The molecule has 8 heavy (non-hydrogen) atoms. The summed E-state index contributed by atoms with van der Waals surface area (Å²) >= 11 is 3.22. The summed E-state index contributed by atoms with van der Waals surface area (Å²) < 4.78 is 0. The van der Waals surface area contributed by atoms with E-state index in [1.165, 1.54) is 0 Å². The maximum Gasteiger partial charge on any atom is 0.216 e. The molecule has 0 bridgehead atoms. The highest BCUT2D eigenvalue weighted by molar-refractivity contribution is 9.09. The second kappa shape index (κ2) is 5.25. The molecule has 0 aromatic heterocycles. The maximum atomic E-state index is 9.75. The zero-order chi connectivity index (χ0) is 6.41. The molecule has 0 saturated heterocycles. The third-order valence-electron chi connectivity index (χ3n) is 0.800. The second-order valence-corrected chi connectivity index (χ2v) is 2.35. The lowest BCUT2D eigenvalue weighted by molar-refractivity contribution is 0.535. The van der Waals surface area contributed by atoms with Crippen molar-refractivity contribution in [3.05, 3.63) is 0 Å². The van der Waals surface area contributed by atoms with Crippen molar-refractivity contribution >= 4 is 22.2 Å². The van der Waals surface area contributed by atoms with Gasteiger partial charge < -0.3 is 5.73 Å². The molecule has 0 saturated carbocycles. The van der Waals surface area contributed by atoms with Crippen LogP contribution in [0.15, 0.2) is 0 Å². The molecular formula is C5H9BrNO. The third kappa shape index (κ3) is 4.27. The zero-order valence-electron chi connectivity index (χ0n) is 4.56. The average molecular weight is 179 g/mol. The Kier molecular flexibility index (Phi) is 5.32. The Bertz CT molecular complexity index is 67.4. The summed E-state index contributed by atoms with van der Waals surface area (Å²) in [5, 5.41) is 0.905. The molecule has 3 heteroatoms. The summed E-state index contributed by atoms with van der Waals surface area (Å²) in [5.74, 6) is 0. The summed E-state index contributed by atoms with van der Waals surface area (Å²) in [7, 11) is 0. The van der Waals surface area contributed by atoms with Gasteiger partial charge in [-0.3, -0.25) is 4.79 Å². The summed E-state index contributed by atoms with van der Waals surface area (Å²) in [6.07, 6.45) is 3.38. The van der Waals surface area contributed by atoms with Crippen molar-refractivity contribution in [2.75, 3.05) is 5.33 Å². The summed E-state index contributed by atoms with van der Waals surface area (Å²) in [6, 6.07) is -0.382. The van der Waals surface area contributed by atoms with Crippen LogP contribution in [0.1, 0.15) is 12.8 Å². The van der Waals surface area contributed by atoms with Crippen molar-refractivity contribution < 1.29 is 4.79 Å². The minimum Gasteiger partial charge on any atom is -0.321 e. The van der Waals surface area contributed by atoms with E-state index in [2.05, 4.69) is 15.9 Å². The predicted octanol–water partition coefficient (Wildman–Crippen LogP) is 0.598. The predicted molar refractivity (Wildman–Crippen MR) is 36.7 cm³/mol. The van der Waals surface area contributed by atoms with Crippen LogP contribution in [0, 0.1) is 0 Å². The first-order valence-electron chi connectivity index (χ1n) is 2.50. The Labute approximate surface area is 57.6 Å². The number of nitrogens with two attached hydrogens (primary N) is 1. The van der Waals surface area contributed by atoms with Crippen molar-refractivity contribution in [1.29, 1.82) is 0 Å². The molecule has 0 heterocycles. The summed E-state index contributed by atoms with van der Waals surface area (Å²) in [5.41, 5.74) is 5.21. The quantitative estimate of drug-likeness (QED) is 0.642. The second-order valence-electron chi connectivity index (χ2n) is 1.56. The van der Waals surface area contributed by atoms with E-state index in [4.69, 9.17) is 5.73 Å². The van der Waals surface area contributed by atoms with E-state index >= 15 is 0 Å². The van der Waals surface area contributed by atoms with Gasteiger partial charge in [0.05, 0.1) is 6.04 Å². The molecule has 0 amide bonds. The molecule has 0 unspecified atom stereocenters. The molecule has 2 nitrogen and oxygen atoms in total. The van der Waals surface area contributed by atoms with Gasteiger partial charge in [0, 0.05) is 5.33 Å². The fraction of sp³-hybridized carbons (Fsp3) is 0.800. The smallest absolute Gasteiger partial charge is 0.216 e. The number of rotatable bonds is 4.